The number of halogens is 1. The summed E-state index contributed by atoms with van der Waals surface area (Å²) >= 11 is 0. The average Bonchev–Trinajstić information content (AvgIpc) is 2.40. The van der Waals surface area contributed by atoms with Crippen molar-refractivity contribution < 1.29 is 18.7 Å². The van der Waals surface area contributed by atoms with E-state index in [1.54, 1.807) is 36.4 Å². The Labute approximate surface area is 98.2 Å². The minimum atomic E-state index is -1.99. The maximum Gasteiger partial charge on any atom is 0.301 e. The number of alkyl halides is 1. The van der Waals surface area contributed by atoms with Crippen molar-refractivity contribution >= 4 is 5.78 Å². The Kier molecular flexibility index (Phi) is 3.55. The molecule has 1 aliphatic rings. The standard InChI is InChI=1S/C13H11FO3/c14-13(17-11-6-8-16-9-7-11)12(15)10-4-2-1-3-5-10/h1-8,13H,9H2. The number of benzene rings is 1. The maximum absolute atomic E-state index is 13.6. The number of carbonyl (C=O) groups excluding carboxylic acids is 1. The largest absolute Gasteiger partial charge is 0.497 e. The van der Waals surface area contributed by atoms with Crippen molar-refractivity contribution in [3.8, 4) is 0 Å². The lowest BCUT2D eigenvalue weighted by molar-refractivity contribution is 0.0145. The first-order valence-corrected chi connectivity index (χ1v) is 5.15. The quantitative estimate of drug-likeness (QED) is 0.751. The third kappa shape index (κ3) is 2.93. The topological polar surface area (TPSA) is 35.5 Å². The number of carbonyl (C=O) groups is 1. The molecule has 0 amide bonds. The molecule has 3 nitrogen and oxygen atoms in total. The zero-order valence-electron chi connectivity index (χ0n) is 9.01. The fraction of sp³-hybridized carbons (Fsp3) is 0.154. The van der Waals surface area contributed by atoms with Gasteiger partial charge in [-0.3, -0.25) is 4.79 Å². The van der Waals surface area contributed by atoms with Crippen LogP contribution in [0.1, 0.15) is 10.4 Å². The van der Waals surface area contributed by atoms with Crippen LogP contribution < -0.4 is 0 Å². The molecule has 1 aliphatic heterocycles. The van der Waals surface area contributed by atoms with Crippen LogP contribution in [-0.2, 0) is 9.47 Å². The SMILES string of the molecule is O=C(c1ccccc1)C(F)OC1=CCOC=C1. The molecule has 1 atom stereocenters. The Bertz CT molecular complexity index is 451. The number of allylic oxidation sites excluding steroid dienone is 1. The molecule has 1 unspecified atom stereocenters. The second-order valence-corrected chi connectivity index (χ2v) is 3.41. The number of Topliss-reactive ketones (excluding diaryl/α,β-unsaturated/α-hetero) is 1. The van der Waals surface area contributed by atoms with Gasteiger partial charge >= 0.3 is 6.36 Å². The monoisotopic (exact) mass is 234 g/mol. The highest BCUT2D eigenvalue weighted by Gasteiger charge is 2.21. The van der Waals surface area contributed by atoms with Crippen LogP contribution in [0, 0.1) is 0 Å². The summed E-state index contributed by atoms with van der Waals surface area (Å²) in [6.07, 6.45) is 2.43. The summed E-state index contributed by atoms with van der Waals surface area (Å²) in [6, 6.07) is 8.20. The number of ketones is 1. The lowest BCUT2D eigenvalue weighted by atomic mass is 10.1. The molecule has 0 spiro atoms. The van der Waals surface area contributed by atoms with Crippen molar-refractivity contribution in [2.75, 3.05) is 6.61 Å². The summed E-state index contributed by atoms with van der Waals surface area (Å²) in [4.78, 5) is 11.6. The molecule has 0 bridgehead atoms. The molecule has 4 heteroatoms. The van der Waals surface area contributed by atoms with Gasteiger partial charge < -0.3 is 9.47 Å². The van der Waals surface area contributed by atoms with Gasteiger partial charge in [-0.25, -0.2) is 0 Å². The lowest BCUT2D eigenvalue weighted by Crippen LogP contribution is -2.19. The molecule has 0 radical (unpaired) electrons. The normalized spacial score (nSPS) is 15.7. The van der Waals surface area contributed by atoms with E-state index in [2.05, 4.69) is 0 Å². The minimum absolute atomic E-state index is 0.289. The van der Waals surface area contributed by atoms with E-state index in [9.17, 15) is 9.18 Å². The fourth-order valence-electron chi connectivity index (χ4n) is 1.36. The highest BCUT2D eigenvalue weighted by molar-refractivity contribution is 5.98. The Morgan fingerprint density at radius 3 is 2.76 bits per heavy atom. The predicted molar refractivity (Wildman–Crippen MR) is 59.9 cm³/mol. The van der Waals surface area contributed by atoms with Crippen LogP contribution in [-0.4, -0.2) is 18.7 Å². The molecule has 0 saturated heterocycles. The molecule has 0 fully saturated rings. The lowest BCUT2D eigenvalue weighted by Gasteiger charge is -2.13. The maximum atomic E-state index is 13.6. The van der Waals surface area contributed by atoms with E-state index in [1.165, 1.54) is 12.3 Å². The summed E-state index contributed by atoms with van der Waals surface area (Å²) in [7, 11) is 0. The van der Waals surface area contributed by atoms with Gasteiger partial charge in [-0.15, -0.1) is 0 Å². The van der Waals surface area contributed by atoms with Gasteiger partial charge in [0.2, 0.25) is 5.78 Å². The van der Waals surface area contributed by atoms with E-state index < -0.39 is 12.1 Å². The molecule has 0 N–H and O–H groups in total. The van der Waals surface area contributed by atoms with Crippen molar-refractivity contribution in [1.82, 2.24) is 0 Å². The average molecular weight is 234 g/mol. The summed E-state index contributed by atoms with van der Waals surface area (Å²) in [6.45, 7) is 0.318. The molecule has 1 aromatic carbocycles. The van der Waals surface area contributed by atoms with E-state index in [-0.39, 0.29) is 5.56 Å². The summed E-state index contributed by atoms with van der Waals surface area (Å²) in [5, 5.41) is 0. The van der Waals surface area contributed by atoms with E-state index in [0.717, 1.165) is 0 Å². The van der Waals surface area contributed by atoms with Gasteiger partial charge in [-0.1, -0.05) is 30.3 Å². The Balaban J connectivity index is 2.01. The van der Waals surface area contributed by atoms with Gasteiger partial charge in [0.15, 0.2) is 0 Å². The van der Waals surface area contributed by atoms with Crippen molar-refractivity contribution in [2.45, 2.75) is 6.36 Å². The molecule has 1 aromatic rings. The van der Waals surface area contributed by atoms with E-state index in [0.29, 0.717) is 12.4 Å². The van der Waals surface area contributed by atoms with Crippen LogP contribution in [0.15, 0.2) is 54.5 Å². The van der Waals surface area contributed by atoms with Gasteiger partial charge in [-0.05, 0) is 6.08 Å². The summed E-state index contributed by atoms with van der Waals surface area (Å²) in [5.74, 6) is -0.389. The molecular weight excluding hydrogens is 223 g/mol. The van der Waals surface area contributed by atoms with Crippen LogP contribution in [0.4, 0.5) is 4.39 Å². The second kappa shape index (κ2) is 5.30. The Morgan fingerprint density at radius 1 is 1.35 bits per heavy atom. The smallest absolute Gasteiger partial charge is 0.301 e. The number of hydrogen-bond acceptors (Lipinski definition) is 3. The van der Waals surface area contributed by atoms with Gasteiger partial charge in [0.1, 0.15) is 12.4 Å². The third-order valence-corrected chi connectivity index (χ3v) is 2.21. The van der Waals surface area contributed by atoms with Crippen LogP contribution in [0.25, 0.3) is 0 Å². The third-order valence-electron chi connectivity index (χ3n) is 2.21. The highest BCUT2D eigenvalue weighted by atomic mass is 19.1. The van der Waals surface area contributed by atoms with Gasteiger partial charge in [0.25, 0.3) is 0 Å². The van der Waals surface area contributed by atoms with Crippen LogP contribution in [0.5, 0.6) is 0 Å². The zero-order chi connectivity index (χ0) is 12.1. The second-order valence-electron chi connectivity index (χ2n) is 3.41. The number of ether oxygens (including phenoxy) is 2. The van der Waals surface area contributed by atoms with Crippen molar-refractivity contribution in [2.24, 2.45) is 0 Å². The first kappa shape index (κ1) is 11.4. The summed E-state index contributed by atoms with van der Waals surface area (Å²) < 4.78 is 23.3. The Hall–Kier alpha value is -2.10. The van der Waals surface area contributed by atoms with Crippen molar-refractivity contribution in [3.63, 3.8) is 0 Å². The van der Waals surface area contributed by atoms with Gasteiger partial charge in [-0.2, -0.15) is 4.39 Å². The molecular formula is C13H11FO3. The van der Waals surface area contributed by atoms with E-state index in [4.69, 9.17) is 9.47 Å². The first-order valence-electron chi connectivity index (χ1n) is 5.15. The fourth-order valence-corrected chi connectivity index (χ4v) is 1.36. The summed E-state index contributed by atoms with van der Waals surface area (Å²) in [5.41, 5.74) is 0.289. The van der Waals surface area contributed by atoms with Crippen LogP contribution in [0.3, 0.4) is 0 Å². The molecule has 88 valence electrons. The van der Waals surface area contributed by atoms with Crippen molar-refractivity contribution in [1.29, 1.82) is 0 Å². The molecule has 0 aromatic heterocycles. The van der Waals surface area contributed by atoms with E-state index >= 15 is 0 Å². The van der Waals surface area contributed by atoms with Crippen molar-refractivity contribution in [3.05, 3.63) is 60.1 Å². The number of rotatable bonds is 4. The van der Waals surface area contributed by atoms with Gasteiger partial charge in [0, 0.05) is 11.6 Å². The first-order chi connectivity index (χ1) is 8.27. The highest BCUT2D eigenvalue weighted by Crippen LogP contribution is 2.13. The Morgan fingerprint density at radius 2 is 2.12 bits per heavy atom. The number of hydrogen-bond donors (Lipinski definition) is 0. The molecule has 17 heavy (non-hydrogen) atoms. The van der Waals surface area contributed by atoms with Crippen LogP contribution >= 0.6 is 0 Å². The zero-order valence-corrected chi connectivity index (χ0v) is 9.01. The molecule has 0 aliphatic carbocycles. The predicted octanol–water partition coefficient (Wildman–Crippen LogP) is 2.61. The minimum Gasteiger partial charge on any atom is -0.497 e. The van der Waals surface area contributed by atoms with Crippen LogP contribution in [0.2, 0.25) is 0 Å². The molecule has 0 saturated carbocycles. The molecule has 2 rings (SSSR count). The van der Waals surface area contributed by atoms with E-state index in [1.807, 2.05) is 0 Å². The molecule has 1 heterocycles. The van der Waals surface area contributed by atoms with Gasteiger partial charge in [0.05, 0.1) is 6.26 Å².